The quantitative estimate of drug-likeness (QED) is 0.214. The molecule has 11 nitrogen and oxygen atoms in total. The minimum absolute atomic E-state index is 0.0488. The smallest absolute Gasteiger partial charge is 0.323 e. The van der Waals surface area contributed by atoms with E-state index in [0.717, 1.165) is 11.1 Å². The molecule has 0 radical (unpaired) electrons. The van der Waals surface area contributed by atoms with E-state index in [1.807, 2.05) is 0 Å². The van der Waals surface area contributed by atoms with Crippen molar-refractivity contribution in [3.63, 3.8) is 0 Å². The Labute approximate surface area is 228 Å². The van der Waals surface area contributed by atoms with Crippen LogP contribution in [0.15, 0.2) is 65.8 Å². The van der Waals surface area contributed by atoms with Crippen LogP contribution in [0, 0.1) is 5.82 Å². The average molecular weight is 558 g/mol. The van der Waals surface area contributed by atoms with E-state index in [9.17, 15) is 18.8 Å². The summed E-state index contributed by atoms with van der Waals surface area (Å²) in [6.07, 6.45) is 1.25. The van der Waals surface area contributed by atoms with Gasteiger partial charge in [0.2, 0.25) is 18.2 Å². The molecule has 0 saturated heterocycles. The lowest BCUT2D eigenvalue weighted by Crippen LogP contribution is -2.48. The fourth-order valence-electron chi connectivity index (χ4n) is 3.14. The van der Waals surface area contributed by atoms with Crippen LogP contribution >= 0.6 is 11.6 Å². The number of hydrogen-bond donors (Lipinski definition) is 2. The number of nitrogens with one attached hydrogen (secondary N) is 1. The Morgan fingerprint density at radius 2 is 1.90 bits per heavy atom. The largest absolute Gasteiger partial charge is 0.493 e. The fourth-order valence-corrected chi connectivity index (χ4v) is 3.26. The second-order valence-corrected chi connectivity index (χ2v) is 8.48. The Balaban J connectivity index is 1.92. The van der Waals surface area contributed by atoms with Crippen molar-refractivity contribution in [2.24, 2.45) is 4.99 Å². The predicted octanol–water partition coefficient (Wildman–Crippen LogP) is 4.44. The maximum Gasteiger partial charge on any atom is 0.323 e. The normalized spacial score (nSPS) is 10.9. The maximum absolute atomic E-state index is 13.2. The van der Waals surface area contributed by atoms with Crippen LogP contribution < -0.4 is 14.8 Å². The van der Waals surface area contributed by atoms with E-state index in [4.69, 9.17) is 26.2 Å². The average Bonchev–Trinajstić information content (AvgIpc) is 2.92. The monoisotopic (exact) mass is 557 g/mol. The molecule has 2 aromatic carbocycles. The van der Waals surface area contributed by atoms with Crippen molar-refractivity contribution in [2.45, 2.75) is 13.0 Å². The number of carboxylic acids is 1. The number of carboxylic acid groups (broad SMARTS) is 1. The number of benzene rings is 2. The Morgan fingerprint density at radius 1 is 1.15 bits per heavy atom. The first-order valence-corrected chi connectivity index (χ1v) is 11.8. The molecule has 13 heteroatoms. The number of rotatable bonds is 10. The topological polar surface area (TPSA) is 134 Å². The van der Waals surface area contributed by atoms with E-state index in [-0.39, 0.29) is 48.5 Å². The lowest BCUT2D eigenvalue weighted by atomic mass is 10.2. The van der Waals surface area contributed by atoms with Gasteiger partial charge in [-0.3, -0.25) is 19.8 Å². The number of aromatic nitrogens is 1. The second-order valence-electron chi connectivity index (χ2n) is 8.04. The molecule has 0 bridgehead atoms. The zero-order valence-corrected chi connectivity index (χ0v) is 21.8. The number of urea groups is 1. The number of methoxy groups -OCH3 is 1. The molecular formula is C26H25ClFN5O6. The highest BCUT2D eigenvalue weighted by Gasteiger charge is 2.19. The number of aliphatic imine (C=N–C) groups is 1. The first-order valence-electron chi connectivity index (χ1n) is 11.4. The summed E-state index contributed by atoms with van der Waals surface area (Å²) in [4.78, 5) is 46.4. The summed E-state index contributed by atoms with van der Waals surface area (Å²) in [6.45, 7) is -0.0167. The van der Waals surface area contributed by atoms with Gasteiger partial charge < -0.3 is 19.5 Å². The highest BCUT2D eigenvalue weighted by molar-refractivity contribution is 6.30. The van der Waals surface area contributed by atoms with E-state index in [1.165, 1.54) is 43.3 Å². The molecule has 1 aromatic heterocycles. The van der Waals surface area contributed by atoms with Crippen molar-refractivity contribution in [1.82, 2.24) is 20.1 Å². The van der Waals surface area contributed by atoms with Gasteiger partial charge in [0.25, 0.3) is 0 Å². The summed E-state index contributed by atoms with van der Waals surface area (Å²) in [6, 6.07) is 13.2. The first-order chi connectivity index (χ1) is 18.7. The fraction of sp³-hybridized carbons (Fsp3) is 0.192. The van der Waals surface area contributed by atoms with Crippen molar-refractivity contribution in [1.29, 1.82) is 0 Å². The summed E-state index contributed by atoms with van der Waals surface area (Å²) in [5.74, 6) is -1.04. The predicted molar refractivity (Wildman–Crippen MR) is 141 cm³/mol. The molecule has 0 aliphatic rings. The number of aliphatic carboxylic acids is 1. The maximum atomic E-state index is 13.2. The molecule has 39 heavy (non-hydrogen) atoms. The number of carbonyl (C=O) groups excluding carboxylic acids is 2. The number of pyridine rings is 1. The van der Waals surface area contributed by atoms with Gasteiger partial charge in [-0.1, -0.05) is 23.7 Å². The van der Waals surface area contributed by atoms with Crippen LogP contribution in [0.25, 0.3) is 0 Å². The third-order valence-electron chi connectivity index (χ3n) is 5.19. The molecule has 0 fully saturated rings. The molecule has 2 N–H and O–H groups in total. The van der Waals surface area contributed by atoms with Crippen LogP contribution in [0.4, 0.5) is 14.9 Å². The number of halogens is 2. The highest BCUT2D eigenvalue weighted by atomic mass is 35.5. The van der Waals surface area contributed by atoms with Gasteiger partial charge in [0.05, 0.1) is 32.0 Å². The molecule has 0 unspecified atom stereocenters. The van der Waals surface area contributed by atoms with Crippen molar-refractivity contribution < 1.29 is 33.4 Å². The molecule has 0 aliphatic heterocycles. The number of nitrogens with zero attached hydrogens (tertiary/aromatic N) is 4. The lowest BCUT2D eigenvalue weighted by Gasteiger charge is -2.23. The van der Waals surface area contributed by atoms with Gasteiger partial charge in [0, 0.05) is 30.7 Å². The number of amides is 3. The molecule has 3 rings (SSSR count). The molecule has 1 heterocycles. The van der Waals surface area contributed by atoms with Gasteiger partial charge in [-0.15, -0.1) is 0 Å². The zero-order chi connectivity index (χ0) is 28.4. The van der Waals surface area contributed by atoms with Crippen LogP contribution in [0.5, 0.6) is 17.4 Å². The molecule has 0 aliphatic carbocycles. The van der Waals surface area contributed by atoms with Crippen molar-refractivity contribution in [2.75, 3.05) is 20.7 Å². The highest BCUT2D eigenvalue weighted by Crippen LogP contribution is 2.34. The first kappa shape index (κ1) is 28.9. The minimum Gasteiger partial charge on any atom is -0.493 e. The molecule has 0 atom stereocenters. The third kappa shape index (κ3) is 8.68. The summed E-state index contributed by atoms with van der Waals surface area (Å²) >= 11 is 5.95. The summed E-state index contributed by atoms with van der Waals surface area (Å²) in [7, 11) is 2.82. The summed E-state index contributed by atoms with van der Waals surface area (Å²) in [5, 5.41) is 12.0. The molecule has 204 valence electrons. The van der Waals surface area contributed by atoms with Gasteiger partial charge in [-0.25, -0.2) is 19.2 Å². The van der Waals surface area contributed by atoms with Gasteiger partial charge >= 0.3 is 12.0 Å². The van der Waals surface area contributed by atoms with Crippen molar-refractivity contribution in [3.8, 4) is 17.4 Å². The van der Waals surface area contributed by atoms with Gasteiger partial charge in [-0.05, 0) is 35.9 Å². The van der Waals surface area contributed by atoms with Crippen LogP contribution in [-0.2, 0) is 16.1 Å². The molecule has 3 aromatic rings. The number of ether oxygens (including phenoxy) is 2. The van der Waals surface area contributed by atoms with Crippen LogP contribution in [0.2, 0.25) is 5.02 Å². The van der Waals surface area contributed by atoms with Crippen molar-refractivity contribution >= 4 is 41.7 Å². The van der Waals surface area contributed by atoms with E-state index in [1.54, 1.807) is 30.3 Å². The van der Waals surface area contributed by atoms with E-state index in [2.05, 4.69) is 15.3 Å². The number of guanidine groups is 1. The van der Waals surface area contributed by atoms with Gasteiger partial charge in [-0.2, -0.15) is 0 Å². The Kier molecular flexibility index (Phi) is 10.2. The van der Waals surface area contributed by atoms with Crippen LogP contribution in [0.3, 0.4) is 0 Å². The Morgan fingerprint density at radius 3 is 2.51 bits per heavy atom. The van der Waals surface area contributed by atoms with Gasteiger partial charge in [0.1, 0.15) is 5.82 Å². The Hall–Kier alpha value is -4.71. The molecular weight excluding hydrogens is 533 g/mol. The SMILES string of the molecule is COc1cc(N=C(NC(=O)N(C)CCC(=O)O)N(C=O)Cc2ccc(Cl)cc2)ccc1Oc1ccc(F)cn1. The minimum atomic E-state index is -1.06. The summed E-state index contributed by atoms with van der Waals surface area (Å²) in [5.41, 5.74) is 0.999. The standard InChI is InChI=1S/C26H25ClFN5O6/c1-32(12-11-24(35)36)26(37)31-25(33(16-34)15-17-3-5-18(27)6-4-17)30-20-8-9-21(22(13-20)38-2)39-23-10-7-19(28)14-29-23/h3-10,13-14,16H,11-12,15H2,1-2H3,(H,35,36)(H,30,31,37). The van der Waals surface area contributed by atoms with E-state index < -0.39 is 17.8 Å². The number of hydrogen-bond acceptors (Lipinski definition) is 7. The number of carbonyl (C=O) groups is 3. The molecule has 0 saturated carbocycles. The molecule has 3 amide bonds. The van der Waals surface area contributed by atoms with Crippen LogP contribution in [0.1, 0.15) is 12.0 Å². The van der Waals surface area contributed by atoms with Crippen molar-refractivity contribution in [3.05, 3.63) is 77.2 Å². The van der Waals surface area contributed by atoms with E-state index >= 15 is 0 Å². The van der Waals surface area contributed by atoms with Gasteiger partial charge in [0.15, 0.2) is 11.5 Å². The molecule has 0 spiro atoms. The third-order valence-corrected chi connectivity index (χ3v) is 5.44. The Bertz CT molecular complexity index is 1340. The lowest BCUT2D eigenvalue weighted by molar-refractivity contribution is -0.137. The zero-order valence-electron chi connectivity index (χ0n) is 21.0. The summed E-state index contributed by atoms with van der Waals surface area (Å²) < 4.78 is 24.2. The van der Waals surface area contributed by atoms with E-state index in [0.29, 0.717) is 17.0 Å². The second kappa shape index (κ2) is 13.7. The van der Waals surface area contributed by atoms with Crippen LogP contribution in [-0.4, -0.2) is 65.0 Å².